The molecule has 19 nitrogen and oxygen atoms in total. The molecule has 0 aromatic carbocycles. The predicted molar refractivity (Wildman–Crippen MR) is 171 cm³/mol. The Morgan fingerprint density at radius 3 is 1.79 bits per heavy atom. The number of unbranched alkanes of at least 4 members (excludes halogenated alkanes) is 4. The van der Waals surface area contributed by atoms with Crippen LogP contribution in [-0.4, -0.2) is 175 Å². The van der Waals surface area contributed by atoms with Crippen LogP contribution in [0.2, 0.25) is 0 Å². The topological polar surface area (TPSA) is 250 Å². The SMILES string of the molecule is O=C(CCCCCNC(=O)CN1CCN(CC([O-])O)CCN(CC([O-])O)CC[N+]2(CC1)COC2[O-])NCCCCCC(=O)ON1C(=O)CCC1=O.[Gd+3]. The molecule has 0 saturated carbocycles. The first kappa shape index (κ1) is 46.6. The van der Waals surface area contributed by atoms with Gasteiger partial charge in [0.2, 0.25) is 11.8 Å². The number of carbonyl (C=O) groups excluding carboxylic acids is 5. The molecule has 1 spiro atoms. The Bertz CT molecular complexity index is 1120. The third kappa shape index (κ3) is 17.3. The second-order valence-electron chi connectivity index (χ2n) is 13.4. The molecule has 3 heterocycles. The van der Waals surface area contributed by atoms with Crippen molar-refractivity contribution in [3.8, 4) is 0 Å². The third-order valence-electron chi connectivity index (χ3n) is 9.29. The van der Waals surface area contributed by atoms with Gasteiger partial charge in [0, 0.05) is 91.1 Å². The Hall–Kier alpha value is -1.53. The molecule has 1 radical (unpaired) electrons. The Labute approximate surface area is 336 Å². The summed E-state index contributed by atoms with van der Waals surface area (Å²) < 4.78 is 5.30. The van der Waals surface area contributed by atoms with Crippen LogP contribution in [0.4, 0.5) is 0 Å². The zero-order valence-electron chi connectivity index (χ0n) is 29.8. The third-order valence-corrected chi connectivity index (χ3v) is 9.29. The number of nitrogens with one attached hydrogen (secondary N) is 2. The van der Waals surface area contributed by atoms with Crippen LogP contribution in [0.3, 0.4) is 0 Å². The number of carbonyl (C=O) groups is 5. The molecule has 20 heteroatoms. The summed E-state index contributed by atoms with van der Waals surface area (Å²) in [7, 11) is 0. The fourth-order valence-corrected chi connectivity index (χ4v) is 6.11. The summed E-state index contributed by atoms with van der Waals surface area (Å²) in [6, 6.07) is 0. The quantitative estimate of drug-likeness (QED) is 0.0410. The molecule has 0 aliphatic carbocycles. The van der Waals surface area contributed by atoms with Gasteiger partial charge in [-0.3, -0.25) is 43.1 Å². The average Bonchev–Trinajstić information content (AvgIpc) is 3.38. The van der Waals surface area contributed by atoms with Crippen LogP contribution in [0.25, 0.3) is 0 Å². The number of aliphatic hydroxyl groups is 2. The first-order chi connectivity index (χ1) is 24.4. The average molecular weight is 887 g/mol. The Morgan fingerprint density at radius 1 is 0.769 bits per heavy atom. The van der Waals surface area contributed by atoms with Gasteiger partial charge in [0.15, 0.2) is 6.73 Å². The van der Waals surface area contributed by atoms with Gasteiger partial charge in [-0.15, -0.1) is 5.06 Å². The summed E-state index contributed by atoms with van der Waals surface area (Å²) in [6.45, 7) is 4.03. The summed E-state index contributed by atoms with van der Waals surface area (Å²) in [5.41, 5.74) is 0. The van der Waals surface area contributed by atoms with Gasteiger partial charge in [0.25, 0.3) is 11.8 Å². The van der Waals surface area contributed by atoms with Crippen molar-refractivity contribution in [2.75, 3.05) is 91.8 Å². The molecule has 3 aliphatic heterocycles. The van der Waals surface area contributed by atoms with E-state index in [0.29, 0.717) is 109 Å². The van der Waals surface area contributed by atoms with Crippen LogP contribution >= 0.6 is 0 Å². The number of amides is 4. The monoisotopic (exact) mass is 887 g/mol. The second-order valence-corrected chi connectivity index (χ2v) is 13.4. The number of hydroxylamine groups is 2. The number of hydrogen-bond donors (Lipinski definition) is 4. The number of hydrogen-bond acceptors (Lipinski definition) is 15. The fourth-order valence-electron chi connectivity index (χ4n) is 6.11. The molecule has 3 rings (SSSR count). The van der Waals surface area contributed by atoms with Crippen LogP contribution in [0.5, 0.6) is 0 Å². The van der Waals surface area contributed by atoms with Gasteiger partial charge in [-0.1, -0.05) is 12.8 Å². The van der Waals surface area contributed by atoms with Gasteiger partial charge in [0.1, 0.15) is 6.41 Å². The van der Waals surface area contributed by atoms with E-state index in [1.54, 1.807) is 9.80 Å². The molecule has 0 aromatic heterocycles. The van der Waals surface area contributed by atoms with E-state index in [1.807, 2.05) is 4.90 Å². The van der Waals surface area contributed by atoms with Crippen molar-refractivity contribution in [2.45, 2.75) is 83.2 Å². The standard InChI is InChI=1S/C32H55N7O12.Gd/c40-25(33-11-6-2-4-8-31(48)51-38-27(42)9-10-28(38)43)7-3-1-5-12-34-26(41)21-36-15-13-35(22-29(44)45)14-16-37(23-30(46)47)18-20-39(19-17-36)24-50-32(39)49;/h29-30,32,44,46H,1-24H2,(H,33,40)(H,34,41);/q-2;+3. The molecule has 297 valence electrons. The van der Waals surface area contributed by atoms with Crippen molar-refractivity contribution in [3.63, 3.8) is 0 Å². The number of aliphatic hydroxyl groups excluding tert-OH is 2. The van der Waals surface area contributed by atoms with Gasteiger partial charge in [-0.25, -0.2) is 4.79 Å². The molecule has 4 N–H and O–H groups in total. The maximum Gasteiger partial charge on any atom is 3.00 e. The molecule has 0 aromatic rings. The van der Waals surface area contributed by atoms with Crippen LogP contribution < -0.4 is 26.0 Å². The van der Waals surface area contributed by atoms with Crippen molar-refractivity contribution in [2.24, 2.45) is 0 Å². The molecule has 3 fully saturated rings. The van der Waals surface area contributed by atoms with E-state index in [2.05, 4.69) is 10.6 Å². The minimum Gasteiger partial charge on any atom is -0.830 e. The minimum atomic E-state index is -1.81. The molecular weight excluding hydrogens is 832 g/mol. The molecule has 4 unspecified atom stereocenters. The number of ether oxygens (including phenoxy) is 1. The van der Waals surface area contributed by atoms with E-state index in [0.717, 1.165) is 6.42 Å². The molecule has 0 bridgehead atoms. The van der Waals surface area contributed by atoms with Gasteiger partial charge in [0.05, 0.1) is 19.6 Å². The van der Waals surface area contributed by atoms with E-state index in [4.69, 9.17) is 9.57 Å². The number of imide groups is 1. The molecule has 52 heavy (non-hydrogen) atoms. The van der Waals surface area contributed by atoms with E-state index in [-0.39, 0.29) is 102 Å². The van der Waals surface area contributed by atoms with Gasteiger partial charge < -0.3 is 41.0 Å². The van der Waals surface area contributed by atoms with Crippen molar-refractivity contribution < 1.29 is 104 Å². The first-order valence-corrected chi connectivity index (χ1v) is 17.9. The minimum absolute atomic E-state index is 0. The molecule has 4 atom stereocenters. The second kappa shape index (κ2) is 24.8. The zero-order valence-corrected chi connectivity index (χ0v) is 32.0. The first-order valence-electron chi connectivity index (χ1n) is 17.9. The van der Waals surface area contributed by atoms with Crippen molar-refractivity contribution >= 4 is 29.6 Å². The largest absolute Gasteiger partial charge is 3.00 e. The zero-order chi connectivity index (χ0) is 37.2. The number of β-amino-alcohol motifs (C(OH)–C–C–N with tert-alkyl or cyclic N) is 2. The van der Waals surface area contributed by atoms with E-state index < -0.39 is 36.8 Å². The Balaban J connectivity index is 0.00000936. The van der Waals surface area contributed by atoms with Crippen molar-refractivity contribution in [1.82, 2.24) is 30.4 Å². The van der Waals surface area contributed by atoms with Gasteiger partial charge in [-0.2, -0.15) is 0 Å². The maximum absolute atomic E-state index is 12.8. The molecule has 4 amide bonds. The van der Waals surface area contributed by atoms with Crippen LogP contribution in [0, 0.1) is 39.9 Å². The van der Waals surface area contributed by atoms with E-state index >= 15 is 0 Å². The number of quaternary nitrogens is 1. The number of nitrogens with zero attached hydrogens (tertiary/aromatic N) is 5. The van der Waals surface area contributed by atoms with E-state index in [1.165, 1.54) is 0 Å². The van der Waals surface area contributed by atoms with Crippen molar-refractivity contribution in [3.05, 3.63) is 0 Å². The Morgan fingerprint density at radius 2 is 1.27 bits per heavy atom. The normalized spacial score (nSPS) is 23.6. The summed E-state index contributed by atoms with van der Waals surface area (Å²) >= 11 is 0. The predicted octanol–water partition coefficient (Wildman–Crippen LogP) is -5.33. The van der Waals surface area contributed by atoms with Crippen molar-refractivity contribution in [1.29, 1.82) is 0 Å². The van der Waals surface area contributed by atoms with Gasteiger partial charge in [-0.05, 0) is 38.3 Å². The van der Waals surface area contributed by atoms with Crippen LogP contribution in [0.1, 0.15) is 64.2 Å². The molecular formula is C32H55GdN7O12+. The maximum atomic E-state index is 12.8. The van der Waals surface area contributed by atoms with Gasteiger partial charge >= 0.3 is 45.9 Å². The summed E-state index contributed by atoms with van der Waals surface area (Å²) in [4.78, 5) is 70.1. The summed E-state index contributed by atoms with van der Waals surface area (Å²) in [5.74, 6) is -1.94. The molecule has 3 aliphatic rings. The fraction of sp³-hybridized carbons (Fsp3) is 0.844. The Kier molecular flexibility index (Phi) is 22.2. The van der Waals surface area contributed by atoms with Crippen LogP contribution in [-0.2, 0) is 33.5 Å². The van der Waals surface area contributed by atoms with E-state index in [9.17, 15) is 49.5 Å². The number of rotatable bonds is 19. The summed E-state index contributed by atoms with van der Waals surface area (Å²) in [5, 5.41) is 60.8. The smallest absolute Gasteiger partial charge is 0.830 e. The summed E-state index contributed by atoms with van der Waals surface area (Å²) in [6.07, 6.45) is -0.476. The van der Waals surface area contributed by atoms with Crippen LogP contribution in [0.15, 0.2) is 0 Å². The molecule has 3 saturated heterocycles.